The maximum absolute atomic E-state index is 12.3. The maximum Gasteiger partial charge on any atom is 0.226 e. The minimum atomic E-state index is -3.19. The van der Waals surface area contributed by atoms with Gasteiger partial charge in [0.1, 0.15) is 5.65 Å². The number of nitrogens with zero attached hydrogens (tertiary/aromatic N) is 3. The van der Waals surface area contributed by atoms with Gasteiger partial charge in [-0.25, -0.2) is 13.4 Å². The third-order valence-corrected chi connectivity index (χ3v) is 6.28. The van der Waals surface area contributed by atoms with Gasteiger partial charge in [-0.3, -0.25) is 4.79 Å². The summed E-state index contributed by atoms with van der Waals surface area (Å²) >= 11 is 0. The van der Waals surface area contributed by atoms with E-state index in [1.54, 1.807) is 10.5 Å². The van der Waals surface area contributed by atoms with Crippen LogP contribution in [-0.4, -0.2) is 53.4 Å². The first kappa shape index (κ1) is 18.8. The number of carbonyl (C=O) groups excluding carboxylic acids is 1. The lowest BCUT2D eigenvalue weighted by Crippen LogP contribution is -2.44. The number of rotatable bonds is 6. The largest absolute Gasteiger partial charge is 0.356 e. The first-order valence-corrected chi connectivity index (χ1v) is 10.9. The number of hydrogen-bond donors (Lipinski definition) is 1. The lowest BCUT2D eigenvalue weighted by atomic mass is 10.0. The molecule has 0 aliphatic carbocycles. The van der Waals surface area contributed by atoms with Crippen LogP contribution in [0.4, 0.5) is 0 Å². The molecule has 1 aliphatic rings. The van der Waals surface area contributed by atoms with E-state index < -0.39 is 10.0 Å². The monoisotopic (exact) mass is 378 g/mol. The number of hydrogen-bond acceptors (Lipinski definition) is 4. The number of nitrogens with one attached hydrogen (secondary N) is 1. The average molecular weight is 378 g/mol. The van der Waals surface area contributed by atoms with Crippen LogP contribution in [-0.2, 0) is 21.2 Å². The number of aromatic nitrogens is 2. The fourth-order valence-electron chi connectivity index (χ4n) is 3.64. The highest BCUT2D eigenvalue weighted by molar-refractivity contribution is 7.88. The summed E-state index contributed by atoms with van der Waals surface area (Å²) in [7, 11) is -3.19. The maximum atomic E-state index is 12.3. The standard InChI is InChI=1S/C18H26N4O3S/c1-14-6-5-10-21-16(13-20-18(14)21)12-17(23)19-9-8-15-7-3-4-11-22(15)26(2,24)25/h5-6,10,13,15H,3-4,7-9,11-12H2,1-2H3,(H,19,23)/t15-/m1/s1. The summed E-state index contributed by atoms with van der Waals surface area (Å²) in [5.41, 5.74) is 2.77. The zero-order chi connectivity index (χ0) is 18.7. The SMILES string of the molecule is Cc1cccn2c(CC(=O)NCC[C@H]3CCCCN3S(C)(=O)=O)cnc12. The van der Waals surface area contributed by atoms with Crippen molar-refractivity contribution in [3.05, 3.63) is 35.8 Å². The van der Waals surface area contributed by atoms with E-state index in [1.165, 1.54) is 6.26 Å². The molecule has 0 spiro atoms. The Morgan fingerprint density at radius 1 is 1.38 bits per heavy atom. The molecule has 3 heterocycles. The van der Waals surface area contributed by atoms with Crippen LogP contribution < -0.4 is 5.32 Å². The lowest BCUT2D eigenvalue weighted by molar-refractivity contribution is -0.120. The van der Waals surface area contributed by atoms with Gasteiger partial charge in [0, 0.05) is 31.5 Å². The third-order valence-electron chi connectivity index (χ3n) is 4.95. The fraction of sp³-hybridized carbons (Fsp3) is 0.556. The summed E-state index contributed by atoms with van der Waals surface area (Å²) in [4.78, 5) is 16.6. The minimum absolute atomic E-state index is 0.0162. The topological polar surface area (TPSA) is 83.8 Å². The second-order valence-corrected chi connectivity index (χ2v) is 8.91. The predicted octanol–water partition coefficient (Wildman–Crippen LogP) is 1.51. The van der Waals surface area contributed by atoms with Gasteiger partial charge in [0.05, 0.1) is 18.4 Å². The molecular weight excluding hydrogens is 352 g/mol. The highest BCUT2D eigenvalue weighted by atomic mass is 32.2. The average Bonchev–Trinajstić information content (AvgIpc) is 2.99. The van der Waals surface area contributed by atoms with Gasteiger partial charge in [-0.15, -0.1) is 0 Å². The molecular formula is C18H26N4O3S. The quantitative estimate of drug-likeness (QED) is 0.826. The number of aryl methyl sites for hydroxylation is 1. The van der Waals surface area contributed by atoms with Crippen LogP contribution in [0.3, 0.4) is 0 Å². The van der Waals surface area contributed by atoms with Crippen LogP contribution in [0.1, 0.15) is 36.9 Å². The van der Waals surface area contributed by atoms with Crippen LogP contribution in [0.5, 0.6) is 0 Å². The number of sulfonamides is 1. The highest BCUT2D eigenvalue weighted by Gasteiger charge is 2.28. The molecule has 142 valence electrons. The lowest BCUT2D eigenvalue weighted by Gasteiger charge is -2.33. The van der Waals surface area contributed by atoms with Gasteiger partial charge in [-0.1, -0.05) is 12.5 Å². The van der Waals surface area contributed by atoms with Crippen molar-refractivity contribution >= 4 is 21.6 Å². The predicted molar refractivity (Wildman–Crippen MR) is 100 cm³/mol. The molecule has 0 bridgehead atoms. The van der Waals surface area contributed by atoms with Gasteiger partial charge >= 0.3 is 0 Å². The summed E-state index contributed by atoms with van der Waals surface area (Å²) in [5, 5.41) is 2.92. The number of carbonyl (C=O) groups is 1. The van der Waals surface area contributed by atoms with Crippen LogP contribution in [0.15, 0.2) is 24.5 Å². The molecule has 26 heavy (non-hydrogen) atoms. The Labute approximate surface area is 154 Å². The molecule has 3 rings (SSSR count). The molecule has 1 saturated heterocycles. The second kappa shape index (κ2) is 7.75. The Balaban J connectivity index is 1.55. The second-order valence-electron chi connectivity index (χ2n) is 6.97. The number of pyridine rings is 1. The zero-order valence-electron chi connectivity index (χ0n) is 15.3. The number of piperidine rings is 1. The van der Waals surface area contributed by atoms with Crippen molar-refractivity contribution in [2.45, 2.75) is 45.1 Å². The summed E-state index contributed by atoms with van der Waals surface area (Å²) in [6.45, 7) is 3.05. The molecule has 0 saturated carbocycles. The van der Waals surface area contributed by atoms with Gasteiger partial charge in [-0.2, -0.15) is 4.31 Å². The van der Waals surface area contributed by atoms with Crippen LogP contribution in [0.25, 0.3) is 5.65 Å². The number of imidazole rings is 1. The minimum Gasteiger partial charge on any atom is -0.356 e. The smallest absolute Gasteiger partial charge is 0.226 e. The highest BCUT2D eigenvalue weighted by Crippen LogP contribution is 2.21. The van der Waals surface area contributed by atoms with Crippen molar-refractivity contribution in [2.75, 3.05) is 19.3 Å². The normalized spacial score (nSPS) is 18.9. The molecule has 0 radical (unpaired) electrons. The molecule has 1 fully saturated rings. The Bertz CT molecular complexity index is 891. The van der Waals surface area contributed by atoms with Gasteiger partial charge in [-0.05, 0) is 37.8 Å². The fourth-order valence-corrected chi connectivity index (χ4v) is 4.85. The number of fused-ring (bicyclic) bond motifs is 1. The van der Waals surface area contributed by atoms with Crippen molar-refractivity contribution in [1.82, 2.24) is 19.0 Å². The molecule has 1 amide bonds. The van der Waals surface area contributed by atoms with Gasteiger partial charge < -0.3 is 9.72 Å². The van der Waals surface area contributed by atoms with Crippen molar-refractivity contribution in [1.29, 1.82) is 0 Å². The summed E-state index contributed by atoms with van der Waals surface area (Å²) in [6.07, 6.45) is 8.59. The van der Waals surface area contributed by atoms with E-state index in [9.17, 15) is 13.2 Å². The summed E-state index contributed by atoms with van der Waals surface area (Å²) < 4.78 is 27.3. The van der Waals surface area contributed by atoms with Crippen LogP contribution >= 0.6 is 0 Å². The Hall–Kier alpha value is -1.93. The van der Waals surface area contributed by atoms with E-state index >= 15 is 0 Å². The first-order valence-electron chi connectivity index (χ1n) is 9.01. The zero-order valence-corrected chi connectivity index (χ0v) is 16.1. The summed E-state index contributed by atoms with van der Waals surface area (Å²) in [5.74, 6) is -0.0741. The molecule has 1 atom stereocenters. The molecule has 7 nitrogen and oxygen atoms in total. The molecule has 0 aromatic carbocycles. The van der Waals surface area contributed by atoms with Gasteiger partial charge in [0.25, 0.3) is 0 Å². The van der Waals surface area contributed by atoms with E-state index in [0.717, 1.165) is 36.2 Å². The Kier molecular flexibility index (Phi) is 5.62. The van der Waals surface area contributed by atoms with Crippen molar-refractivity contribution in [3.8, 4) is 0 Å². The van der Waals surface area contributed by atoms with Crippen molar-refractivity contribution in [3.63, 3.8) is 0 Å². The summed E-state index contributed by atoms with van der Waals surface area (Å²) in [6, 6.07) is 3.91. The Morgan fingerprint density at radius 3 is 2.96 bits per heavy atom. The molecule has 2 aromatic rings. The number of amides is 1. The van der Waals surface area contributed by atoms with Gasteiger partial charge in [0.2, 0.25) is 15.9 Å². The molecule has 1 N–H and O–H groups in total. The van der Waals surface area contributed by atoms with E-state index in [1.807, 2.05) is 29.7 Å². The van der Waals surface area contributed by atoms with Gasteiger partial charge in [0.15, 0.2) is 0 Å². The Morgan fingerprint density at radius 2 is 2.19 bits per heavy atom. The van der Waals surface area contributed by atoms with Crippen molar-refractivity contribution < 1.29 is 13.2 Å². The van der Waals surface area contributed by atoms with E-state index in [2.05, 4.69) is 10.3 Å². The molecule has 8 heteroatoms. The van der Waals surface area contributed by atoms with E-state index in [0.29, 0.717) is 19.5 Å². The molecule has 1 aliphatic heterocycles. The van der Waals surface area contributed by atoms with Crippen LogP contribution in [0, 0.1) is 6.92 Å². The molecule has 0 unspecified atom stereocenters. The van der Waals surface area contributed by atoms with E-state index in [4.69, 9.17) is 0 Å². The molecule has 2 aromatic heterocycles. The first-order chi connectivity index (χ1) is 12.4. The van der Waals surface area contributed by atoms with Crippen LogP contribution in [0.2, 0.25) is 0 Å². The van der Waals surface area contributed by atoms with E-state index in [-0.39, 0.29) is 18.4 Å². The van der Waals surface area contributed by atoms with Crippen molar-refractivity contribution in [2.24, 2.45) is 0 Å². The third kappa shape index (κ3) is 4.24.